The van der Waals surface area contributed by atoms with Gasteiger partial charge < -0.3 is 5.73 Å². The standard InChI is InChI=1S/C18H15BrN6O/c19-11-6-4-10(5-7-11)15-12(8-20)17(21)25(18-22-9-23-24-18)13-2-1-3-14(26)16(13)15/h4-7,9,15H,1-3,21H2,(H,22,23,24). The number of aromatic amines is 1. The molecule has 3 N–H and O–H groups in total. The number of nitrogens with zero attached hydrogens (tertiary/aromatic N) is 4. The number of aromatic nitrogens is 3. The average Bonchev–Trinajstić information content (AvgIpc) is 3.16. The zero-order valence-electron chi connectivity index (χ0n) is 13.7. The quantitative estimate of drug-likeness (QED) is 0.786. The van der Waals surface area contributed by atoms with E-state index in [0.717, 1.165) is 22.2 Å². The predicted octanol–water partition coefficient (Wildman–Crippen LogP) is 2.87. The van der Waals surface area contributed by atoms with Crippen LogP contribution in [0.5, 0.6) is 0 Å². The molecule has 0 saturated carbocycles. The second-order valence-electron chi connectivity index (χ2n) is 6.18. The van der Waals surface area contributed by atoms with Gasteiger partial charge in [-0.1, -0.05) is 28.1 Å². The van der Waals surface area contributed by atoms with Crippen molar-refractivity contribution in [2.45, 2.75) is 25.2 Å². The number of carbonyl (C=O) groups excluding carboxylic acids is 1. The maximum atomic E-state index is 12.8. The molecule has 1 atom stereocenters. The van der Waals surface area contributed by atoms with Crippen LogP contribution < -0.4 is 10.6 Å². The van der Waals surface area contributed by atoms with Crippen LogP contribution >= 0.6 is 15.9 Å². The number of hydrogen-bond donors (Lipinski definition) is 2. The Morgan fingerprint density at radius 3 is 2.73 bits per heavy atom. The smallest absolute Gasteiger partial charge is 0.231 e. The van der Waals surface area contributed by atoms with Gasteiger partial charge in [-0.3, -0.25) is 9.69 Å². The van der Waals surface area contributed by atoms with Gasteiger partial charge in [-0.25, -0.2) is 5.10 Å². The summed E-state index contributed by atoms with van der Waals surface area (Å²) in [4.78, 5) is 18.7. The monoisotopic (exact) mass is 410 g/mol. The number of carbonyl (C=O) groups is 1. The third-order valence-electron chi connectivity index (χ3n) is 4.73. The minimum absolute atomic E-state index is 0.0453. The maximum absolute atomic E-state index is 12.8. The van der Waals surface area contributed by atoms with Crippen LogP contribution in [0.2, 0.25) is 0 Å². The zero-order valence-corrected chi connectivity index (χ0v) is 15.3. The summed E-state index contributed by atoms with van der Waals surface area (Å²) in [6.07, 6.45) is 3.27. The molecule has 1 aliphatic heterocycles. The number of allylic oxidation sites excluding steroid dienone is 3. The second kappa shape index (κ2) is 6.42. The molecule has 0 saturated heterocycles. The zero-order chi connectivity index (χ0) is 18.3. The van der Waals surface area contributed by atoms with Crippen molar-refractivity contribution < 1.29 is 4.79 Å². The molecule has 0 amide bonds. The van der Waals surface area contributed by atoms with Crippen LogP contribution in [0.3, 0.4) is 0 Å². The minimum Gasteiger partial charge on any atom is -0.384 e. The fourth-order valence-electron chi connectivity index (χ4n) is 3.62. The molecule has 2 aromatic rings. The number of ketones is 1. The Labute approximate surface area is 158 Å². The lowest BCUT2D eigenvalue weighted by Gasteiger charge is -2.38. The van der Waals surface area contributed by atoms with E-state index in [2.05, 4.69) is 37.2 Å². The lowest BCUT2D eigenvalue weighted by molar-refractivity contribution is -0.116. The maximum Gasteiger partial charge on any atom is 0.231 e. The first-order valence-electron chi connectivity index (χ1n) is 8.18. The molecule has 1 aromatic carbocycles. The number of rotatable bonds is 2. The van der Waals surface area contributed by atoms with Crippen molar-refractivity contribution in [2.75, 3.05) is 4.90 Å². The summed E-state index contributed by atoms with van der Waals surface area (Å²) in [5, 5.41) is 16.5. The van der Waals surface area contributed by atoms with Gasteiger partial charge in [-0.2, -0.15) is 15.3 Å². The van der Waals surface area contributed by atoms with Gasteiger partial charge in [-0.15, -0.1) is 0 Å². The van der Waals surface area contributed by atoms with Gasteiger partial charge in [0.2, 0.25) is 5.95 Å². The molecule has 26 heavy (non-hydrogen) atoms. The van der Waals surface area contributed by atoms with Crippen molar-refractivity contribution in [1.82, 2.24) is 15.2 Å². The molecule has 0 radical (unpaired) electrons. The summed E-state index contributed by atoms with van der Waals surface area (Å²) < 4.78 is 0.931. The molecule has 1 unspecified atom stereocenters. The molecular formula is C18H15BrN6O. The highest BCUT2D eigenvalue weighted by atomic mass is 79.9. The molecular weight excluding hydrogens is 396 g/mol. The topological polar surface area (TPSA) is 112 Å². The summed E-state index contributed by atoms with van der Waals surface area (Å²) >= 11 is 3.42. The lowest BCUT2D eigenvalue weighted by Crippen LogP contribution is -2.39. The molecule has 8 heteroatoms. The molecule has 0 spiro atoms. The van der Waals surface area contributed by atoms with E-state index in [4.69, 9.17) is 5.73 Å². The molecule has 0 bridgehead atoms. The first-order valence-corrected chi connectivity index (χ1v) is 8.98. The molecule has 1 aromatic heterocycles. The van der Waals surface area contributed by atoms with Gasteiger partial charge in [0.1, 0.15) is 12.1 Å². The van der Waals surface area contributed by atoms with Crippen molar-refractivity contribution in [3.8, 4) is 6.07 Å². The summed E-state index contributed by atoms with van der Waals surface area (Å²) in [6, 6.07) is 9.84. The van der Waals surface area contributed by atoms with Crippen LogP contribution in [0, 0.1) is 11.3 Å². The number of benzene rings is 1. The van der Waals surface area contributed by atoms with Crippen LogP contribution in [0.1, 0.15) is 30.7 Å². The first-order chi connectivity index (χ1) is 12.6. The van der Waals surface area contributed by atoms with Crippen LogP contribution in [0.4, 0.5) is 5.95 Å². The van der Waals surface area contributed by atoms with Gasteiger partial charge in [0.25, 0.3) is 0 Å². The summed E-state index contributed by atoms with van der Waals surface area (Å²) in [5.41, 5.74) is 9.01. The molecule has 7 nitrogen and oxygen atoms in total. The number of hydrogen-bond acceptors (Lipinski definition) is 6. The van der Waals surface area contributed by atoms with Crippen molar-refractivity contribution in [2.24, 2.45) is 5.73 Å². The first kappa shape index (κ1) is 16.5. The minimum atomic E-state index is -0.463. The Morgan fingerprint density at radius 1 is 1.31 bits per heavy atom. The highest BCUT2D eigenvalue weighted by molar-refractivity contribution is 9.10. The van der Waals surface area contributed by atoms with E-state index in [0.29, 0.717) is 29.9 Å². The number of H-pyrrole nitrogens is 1. The van der Waals surface area contributed by atoms with Crippen LogP contribution in [-0.4, -0.2) is 21.0 Å². The number of anilines is 1. The summed E-state index contributed by atoms with van der Waals surface area (Å²) in [7, 11) is 0. The molecule has 0 fully saturated rings. The Bertz CT molecular complexity index is 968. The van der Waals surface area contributed by atoms with Crippen LogP contribution in [0.25, 0.3) is 0 Å². The van der Waals surface area contributed by atoms with E-state index >= 15 is 0 Å². The van der Waals surface area contributed by atoms with Crippen molar-refractivity contribution in [1.29, 1.82) is 5.26 Å². The number of nitriles is 1. The second-order valence-corrected chi connectivity index (χ2v) is 7.09. The highest BCUT2D eigenvalue weighted by Gasteiger charge is 2.40. The lowest BCUT2D eigenvalue weighted by atomic mass is 9.76. The summed E-state index contributed by atoms with van der Waals surface area (Å²) in [6.45, 7) is 0. The molecule has 4 rings (SSSR count). The Hall–Kier alpha value is -2.92. The molecule has 2 heterocycles. The largest absolute Gasteiger partial charge is 0.384 e. The number of nitrogens with one attached hydrogen (secondary N) is 1. The van der Waals surface area contributed by atoms with E-state index in [9.17, 15) is 10.1 Å². The van der Waals surface area contributed by atoms with E-state index in [1.54, 1.807) is 4.90 Å². The molecule has 130 valence electrons. The van der Waals surface area contributed by atoms with Gasteiger partial charge >= 0.3 is 0 Å². The fraction of sp³-hybridized carbons (Fsp3) is 0.222. The van der Waals surface area contributed by atoms with E-state index in [1.165, 1.54) is 6.33 Å². The van der Waals surface area contributed by atoms with Crippen LogP contribution in [-0.2, 0) is 4.79 Å². The van der Waals surface area contributed by atoms with Crippen LogP contribution in [0.15, 0.2) is 57.7 Å². The van der Waals surface area contributed by atoms with Gasteiger partial charge in [-0.05, 0) is 30.5 Å². The molecule has 2 aliphatic rings. The predicted molar refractivity (Wildman–Crippen MR) is 98.5 cm³/mol. The van der Waals surface area contributed by atoms with E-state index in [-0.39, 0.29) is 11.6 Å². The Kier molecular flexibility index (Phi) is 4.09. The van der Waals surface area contributed by atoms with Crippen molar-refractivity contribution in [3.63, 3.8) is 0 Å². The number of halogens is 1. The Balaban J connectivity index is 1.96. The van der Waals surface area contributed by atoms with Gasteiger partial charge in [0.15, 0.2) is 5.78 Å². The normalized spacial score (nSPS) is 20.2. The fourth-order valence-corrected chi connectivity index (χ4v) is 3.89. The molecule has 1 aliphatic carbocycles. The Morgan fingerprint density at radius 2 is 2.08 bits per heavy atom. The number of Topliss-reactive ketones (excluding diaryl/α,β-unsaturated/α-hetero) is 1. The third kappa shape index (κ3) is 2.52. The van der Waals surface area contributed by atoms with Gasteiger partial charge in [0, 0.05) is 22.2 Å². The van der Waals surface area contributed by atoms with Crippen molar-refractivity contribution in [3.05, 3.63) is 63.3 Å². The summed E-state index contributed by atoms with van der Waals surface area (Å²) in [5.74, 6) is 0.274. The SMILES string of the molecule is N#CC1=C(N)N(c2ncn[nH]2)C2=C(C(=O)CCC2)C1c1ccc(Br)cc1. The van der Waals surface area contributed by atoms with Gasteiger partial charge in [0.05, 0.1) is 17.6 Å². The van der Waals surface area contributed by atoms with Crippen molar-refractivity contribution >= 4 is 27.7 Å². The van der Waals surface area contributed by atoms with E-state index in [1.807, 2.05) is 24.3 Å². The number of nitrogens with two attached hydrogens (primary N) is 1. The third-order valence-corrected chi connectivity index (χ3v) is 5.26. The van der Waals surface area contributed by atoms with E-state index < -0.39 is 5.92 Å². The average molecular weight is 411 g/mol. The highest BCUT2D eigenvalue weighted by Crippen LogP contribution is 2.45.